The van der Waals surface area contributed by atoms with E-state index < -0.39 is 17.7 Å². The molecule has 1 amide bonds. The minimum atomic E-state index is -0.599. The van der Waals surface area contributed by atoms with Crippen molar-refractivity contribution >= 4 is 28.8 Å². The summed E-state index contributed by atoms with van der Waals surface area (Å²) in [5, 5.41) is 12.9. The Morgan fingerprint density at radius 1 is 0.969 bits per heavy atom. The van der Waals surface area contributed by atoms with E-state index in [1.807, 2.05) is 35.7 Å². The molecule has 1 aromatic heterocycles. The molecule has 3 rings (SSSR count). The number of amides is 1. The van der Waals surface area contributed by atoms with E-state index in [9.17, 15) is 14.7 Å². The zero-order valence-electron chi connectivity index (χ0n) is 19.1. The smallest absolute Gasteiger partial charge is 0.295 e. The molecule has 6 heteroatoms. The topological polar surface area (TPSA) is 60.9 Å². The number of thiophene rings is 1. The SMILES string of the molecule is CCCCN(CCCC)CCCN1C(=O)C(=O)C(=C(O)c2ccccc2)[C@@H]1c1cccs1. The lowest BCUT2D eigenvalue weighted by atomic mass is 10.00. The lowest BCUT2D eigenvalue weighted by Crippen LogP contribution is -2.34. The summed E-state index contributed by atoms with van der Waals surface area (Å²) < 4.78 is 0. The molecule has 0 bridgehead atoms. The fourth-order valence-corrected chi connectivity index (χ4v) is 5.01. The van der Waals surface area contributed by atoms with E-state index in [0.717, 1.165) is 43.8 Å². The molecular weight excluding hydrogens is 420 g/mol. The number of carbonyl (C=O) groups excluding carboxylic acids is 2. The minimum absolute atomic E-state index is 0.0997. The molecule has 0 spiro atoms. The van der Waals surface area contributed by atoms with Gasteiger partial charge in [-0.2, -0.15) is 0 Å². The van der Waals surface area contributed by atoms with Crippen molar-refractivity contribution < 1.29 is 14.7 Å². The third-order valence-electron chi connectivity index (χ3n) is 5.93. The van der Waals surface area contributed by atoms with Crippen LogP contribution in [0.15, 0.2) is 53.4 Å². The van der Waals surface area contributed by atoms with Gasteiger partial charge in [-0.1, -0.05) is 63.1 Å². The fraction of sp³-hybridized carbons (Fsp3) is 0.462. The average molecular weight is 455 g/mol. The summed E-state index contributed by atoms with van der Waals surface area (Å²) in [5.41, 5.74) is 0.745. The Bertz CT molecular complexity index is 900. The van der Waals surface area contributed by atoms with Gasteiger partial charge in [0.05, 0.1) is 11.6 Å². The summed E-state index contributed by atoms with van der Waals surface area (Å²) in [6, 6.07) is 12.3. The summed E-state index contributed by atoms with van der Waals surface area (Å²) in [5.74, 6) is -1.22. The summed E-state index contributed by atoms with van der Waals surface area (Å²) >= 11 is 1.50. The number of benzene rings is 1. The second kappa shape index (κ2) is 12.0. The van der Waals surface area contributed by atoms with Crippen LogP contribution in [-0.4, -0.2) is 52.8 Å². The Balaban J connectivity index is 1.82. The zero-order valence-corrected chi connectivity index (χ0v) is 19.9. The number of ketones is 1. The number of nitrogens with zero attached hydrogens (tertiary/aromatic N) is 2. The maximum absolute atomic E-state index is 13.0. The van der Waals surface area contributed by atoms with Crippen LogP contribution < -0.4 is 0 Å². The van der Waals surface area contributed by atoms with Crippen LogP contribution in [0.25, 0.3) is 5.76 Å². The number of likely N-dealkylation sites (tertiary alicyclic amines) is 1. The normalized spacial score (nSPS) is 18.1. The quantitative estimate of drug-likeness (QED) is 0.263. The van der Waals surface area contributed by atoms with Crippen LogP contribution in [0.2, 0.25) is 0 Å². The van der Waals surface area contributed by atoms with Crippen LogP contribution in [0.5, 0.6) is 0 Å². The number of aliphatic hydroxyl groups excluding tert-OH is 1. The van der Waals surface area contributed by atoms with E-state index in [0.29, 0.717) is 12.1 Å². The van der Waals surface area contributed by atoms with Gasteiger partial charge < -0.3 is 14.9 Å². The Kier molecular flexibility index (Phi) is 9.06. The molecule has 5 nitrogen and oxygen atoms in total. The van der Waals surface area contributed by atoms with Gasteiger partial charge in [0.1, 0.15) is 5.76 Å². The molecule has 0 aliphatic carbocycles. The van der Waals surface area contributed by atoms with Gasteiger partial charge in [0, 0.05) is 17.0 Å². The molecule has 0 unspecified atom stereocenters. The van der Waals surface area contributed by atoms with Crippen molar-refractivity contribution in [2.45, 2.75) is 52.0 Å². The lowest BCUT2D eigenvalue weighted by Gasteiger charge is -2.26. The van der Waals surface area contributed by atoms with E-state index >= 15 is 0 Å². The molecule has 1 fully saturated rings. The Morgan fingerprint density at radius 2 is 1.62 bits per heavy atom. The maximum atomic E-state index is 13.0. The van der Waals surface area contributed by atoms with E-state index in [1.54, 1.807) is 17.0 Å². The van der Waals surface area contributed by atoms with Crippen LogP contribution in [-0.2, 0) is 9.59 Å². The first-order chi connectivity index (χ1) is 15.6. The van der Waals surface area contributed by atoms with Gasteiger partial charge in [-0.3, -0.25) is 9.59 Å². The van der Waals surface area contributed by atoms with Gasteiger partial charge in [0.25, 0.3) is 11.7 Å². The fourth-order valence-electron chi connectivity index (χ4n) is 4.17. The van der Waals surface area contributed by atoms with E-state index in [-0.39, 0.29) is 11.3 Å². The van der Waals surface area contributed by atoms with Gasteiger partial charge in [-0.05, 0) is 50.3 Å². The van der Waals surface area contributed by atoms with Gasteiger partial charge >= 0.3 is 0 Å². The van der Waals surface area contributed by atoms with Crippen LogP contribution in [0, 0.1) is 0 Å². The van der Waals surface area contributed by atoms with Crippen molar-refractivity contribution in [2.24, 2.45) is 0 Å². The molecule has 1 N–H and O–H groups in total. The van der Waals surface area contributed by atoms with Crippen molar-refractivity contribution in [1.29, 1.82) is 0 Å². The van der Waals surface area contributed by atoms with Crippen LogP contribution in [0.3, 0.4) is 0 Å². The number of unbranched alkanes of at least 4 members (excludes halogenated alkanes) is 2. The predicted molar refractivity (Wildman–Crippen MR) is 131 cm³/mol. The summed E-state index contributed by atoms with van der Waals surface area (Å²) in [6.07, 6.45) is 5.46. The Labute approximate surface area is 195 Å². The second-order valence-electron chi connectivity index (χ2n) is 8.28. The Hall–Kier alpha value is -2.44. The van der Waals surface area contributed by atoms with Crippen LogP contribution in [0.4, 0.5) is 0 Å². The molecule has 1 saturated heterocycles. The van der Waals surface area contributed by atoms with Gasteiger partial charge in [0.2, 0.25) is 0 Å². The summed E-state index contributed by atoms with van der Waals surface area (Å²) in [6.45, 7) is 7.93. The van der Waals surface area contributed by atoms with Gasteiger partial charge in [-0.15, -0.1) is 11.3 Å². The van der Waals surface area contributed by atoms with Crippen molar-refractivity contribution in [2.75, 3.05) is 26.2 Å². The van der Waals surface area contributed by atoms with Crippen LogP contribution >= 0.6 is 11.3 Å². The highest BCUT2D eigenvalue weighted by Gasteiger charge is 2.46. The number of hydrogen-bond donors (Lipinski definition) is 1. The van der Waals surface area contributed by atoms with E-state index in [1.165, 1.54) is 24.2 Å². The highest BCUT2D eigenvalue weighted by molar-refractivity contribution is 7.10. The number of Topliss-reactive ketones (excluding diaryl/α,β-unsaturated/α-hetero) is 1. The lowest BCUT2D eigenvalue weighted by molar-refractivity contribution is -0.139. The van der Waals surface area contributed by atoms with E-state index in [4.69, 9.17) is 0 Å². The molecule has 172 valence electrons. The number of hydrogen-bond acceptors (Lipinski definition) is 5. The predicted octanol–water partition coefficient (Wildman–Crippen LogP) is 5.46. The molecule has 32 heavy (non-hydrogen) atoms. The first kappa shape index (κ1) is 24.2. The molecular formula is C26H34N2O3S. The van der Waals surface area contributed by atoms with Crippen molar-refractivity contribution in [1.82, 2.24) is 9.80 Å². The zero-order chi connectivity index (χ0) is 22.9. The molecule has 0 radical (unpaired) electrons. The third kappa shape index (κ3) is 5.67. The first-order valence-corrected chi connectivity index (χ1v) is 12.6. The summed E-state index contributed by atoms with van der Waals surface area (Å²) in [4.78, 5) is 31.0. The molecule has 2 aromatic rings. The molecule has 1 aliphatic heterocycles. The van der Waals surface area contributed by atoms with Crippen LogP contribution in [0.1, 0.15) is 62.4 Å². The second-order valence-corrected chi connectivity index (χ2v) is 9.26. The molecule has 0 saturated carbocycles. The van der Waals surface area contributed by atoms with Gasteiger partial charge in [-0.25, -0.2) is 0 Å². The number of aliphatic hydroxyl groups is 1. The number of carbonyl (C=O) groups is 2. The molecule has 1 aliphatic rings. The first-order valence-electron chi connectivity index (χ1n) is 11.7. The highest BCUT2D eigenvalue weighted by Crippen LogP contribution is 2.41. The standard InChI is InChI=1S/C26H34N2O3S/c1-3-5-15-27(16-6-4-2)17-11-18-28-23(21-14-10-19-32-21)22(25(30)26(28)31)24(29)20-12-8-7-9-13-20/h7-10,12-14,19,23,29H,3-6,11,15-18H2,1-2H3/t23-/m0/s1. The third-order valence-corrected chi connectivity index (χ3v) is 6.85. The Morgan fingerprint density at radius 3 is 2.22 bits per heavy atom. The monoisotopic (exact) mass is 454 g/mol. The van der Waals surface area contributed by atoms with E-state index in [2.05, 4.69) is 18.7 Å². The van der Waals surface area contributed by atoms with Crippen molar-refractivity contribution in [3.05, 3.63) is 63.9 Å². The molecule has 2 heterocycles. The molecule has 1 aromatic carbocycles. The summed E-state index contributed by atoms with van der Waals surface area (Å²) in [7, 11) is 0. The number of rotatable bonds is 12. The average Bonchev–Trinajstić information content (AvgIpc) is 3.43. The van der Waals surface area contributed by atoms with Crippen molar-refractivity contribution in [3.63, 3.8) is 0 Å². The minimum Gasteiger partial charge on any atom is -0.507 e. The highest BCUT2D eigenvalue weighted by atomic mass is 32.1. The molecule has 1 atom stereocenters. The van der Waals surface area contributed by atoms with Gasteiger partial charge in [0.15, 0.2) is 0 Å². The maximum Gasteiger partial charge on any atom is 0.295 e. The largest absolute Gasteiger partial charge is 0.507 e. The van der Waals surface area contributed by atoms with Crippen molar-refractivity contribution in [3.8, 4) is 0 Å².